The standard InChI is InChI=1S/C13H8O.C6H7NO/c14-13-11-7-3-1-5-9(11)10-6-2-4-8-12(10)13;1-3-6(4-7)5(2)8/h1-8H;3H,1-2H3/b;6-3+. The highest BCUT2D eigenvalue weighted by molar-refractivity contribution is 6.21. The summed E-state index contributed by atoms with van der Waals surface area (Å²) in [6.45, 7) is 3.04. The van der Waals surface area contributed by atoms with Crippen molar-refractivity contribution in [1.82, 2.24) is 0 Å². The van der Waals surface area contributed by atoms with Crippen LogP contribution in [0.2, 0.25) is 0 Å². The predicted molar refractivity (Wildman–Crippen MR) is 85.4 cm³/mol. The van der Waals surface area contributed by atoms with Gasteiger partial charge in [-0.2, -0.15) is 5.26 Å². The lowest BCUT2D eigenvalue weighted by atomic mass is 10.1. The second-order valence-electron chi connectivity index (χ2n) is 4.79. The second kappa shape index (κ2) is 6.64. The summed E-state index contributed by atoms with van der Waals surface area (Å²) < 4.78 is 0. The highest BCUT2D eigenvalue weighted by Gasteiger charge is 2.24. The van der Waals surface area contributed by atoms with Crippen LogP contribution in [0.15, 0.2) is 60.2 Å². The van der Waals surface area contributed by atoms with Gasteiger partial charge in [0.2, 0.25) is 0 Å². The molecule has 1 aliphatic carbocycles. The molecular formula is C19H15NO2. The Morgan fingerprint density at radius 3 is 1.64 bits per heavy atom. The first-order valence-corrected chi connectivity index (χ1v) is 6.90. The molecule has 2 aromatic carbocycles. The summed E-state index contributed by atoms with van der Waals surface area (Å²) in [6.07, 6.45) is 1.50. The number of nitrogens with zero attached hydrogens (tertiary/aromatic N) is 1. The van der Waals surface area contributed by atoms with E-state index in [1.807, 2.05) is 48.5 Å². The fourth-order valence-electron chi connectivity index (χ4n) is 2.32. The van der Waals surface area contributed by atoms with Gasteiger partial charge >= 0.3 is 0 Å². The van der Waals surface area contributed by atoms with Gasteiger partial charge in [0.1, 0.15) is 6.07 Å². The third-order valence-electron chi connectivity index (χ3n) is 3.42. The van der Waals surface area contributed by atoms with Crippen molar-refractivity contribution in [2.24, 2.45) is 0 Å². The van der Waals surface area contributed by atoms with Gasteiger partial charge in [0.05, 0.1) is 5.57 Å². The van der Waals surface area contributed by atoms with Gasteiger partial charge in [0.15, 0.2) is 11.6 Å². The van der Waals surface area contributed by atoms with Crippen LogP contribution in [0, 0.1) is 11.3 Å². The molecule has 3 heteroatoms. The summed E-state index contributed by atoms with van der Waals surface area (Å²) in [4.78, 5) is 22.2. The van der Waals surface area contributed by atoms with Crippen LogP contribution in [0.4, 0.5) is 0 Å². The lowest BCUT2D eigenvalue weighted by molar-refractivity contribution is -0.113. The highest BCUT2D eigenvalue weighted by Crippen LogP contribution is 2.35. The maximum absolute atomic E-state index is 11.9. The SMILES string of the molecule is C/C=C(\C#N)C(C)=O.O=C1c2ccccc2-c2ccccc21. The molecule has 0 bridgehead atoms. The van der Waals surface area contributed by atoms with Gasteiger partial charge in [-0.1, -0.05) is 54.6 Å². The summed E-state index contributed by atoms with van der Waals surface area (Å²) in [7, 11) is 0. The fourth-order valence-corrected chi connectivity index (χ4v) is 2.32. The van der Waals surface area contributed by atoms with Crippen molar-refractivity contribution < 1.29 is 9.59 Å². The van der Waals surface area contributed by atoms with Crippen LogP contribution in [0.1, 0.15) is 29.8 Å². The number of carbonyl (C=O) groups excluding carboxylic acids is 2. The number of ketones is 2. The van der Waals surface area contributed by atoms with Crippen molar-refractivity contribution in [3.8, 4) is 17.2 Å². The summed E-state index contributed by atoms with van der Waals surface area (Å²) in [6, 6.07) is 17.3. The summed E-state index contributed by atoms with van der Waals surface area (Å²) >= 11 is 0. The normalized spacial score (nSPS) is 11.7. The number of hydrogen-bond donors (Lipinski definition) is 0. The Kier molecular flexibility index (Phi) is 4.65. The van der Waals surface area contributed by atoms with Crippen LogP contribution >= 0.6 is 0 Å². The largest absolute Gasteiger partial charge is 0.294 e. The number of hydrogen-bond acceptors (Lipinski definition) is 3. The Balaban J connectivity index is 0.000000192. The van der Waals surface area contributed by atoms with E-state index in [0.29, 0.717) is 0 Å². The summed E-state index contributed by atoms with van der Waals surface area (Å²) in [5.41, 5.74) is 4.01. The Bertz CT molecular complexity index is 763. The van der Waals surface area contributed by atoms with E-state index in [2.05, 4.69) is 0 Å². The summed E-state index contributed by atoms with van der Waals surface area (Å²) in [5, 5.41) is 8.16. The first-order valence-electron chi connectivity index (χ1n) is 6.90. The molecule has 0 unspecified atom stereocenters. The van der Waals surface area contributed by atoms with Gasteiger partial charge in [0, 0.05) is 11.1 Å². The molecule has 0 fully saturated rings. The zero-order chi connectivity index (χ0) is 16.1. The molecule has 1 aliphatic rings. The van der Waals surface area contributed by atoms with Crippen LogP contribution in [0.3, 0.4) is 0 Å². The van der Waals surface area contributed by atoms with Crippen molar-refractivity contribution in [3.05, 3.63) is 71.3 Å². The van der Waals surface area contributed by atoms with Gasteiger partial charge in [0.25, 0.3) is 0 Å². The van der Waals surface area contributed by atoms with Gasteiger partial charge in [-0.25, -0.2) is 0 Å². The van der Waals surface area contributed by atoms with Crippen molar-refractivity contribution in [2.75, 3.05) is 0 Å². The molecule has 0 spiro atoms. The quantitative estimate of drug-likeness (QED) is 0.503. The molecule has 0 saturated carbocycles. The number of Topliss-reactive ketones (excluding diaryl/α,β-unsaturated/α-hetero) is 1. The minimum Gasteiger partial charge on any atom is -0.294 e. The Hall–Kier alpha value is -2.99. The Labute approximate surface area is 129 Å². The number of nitriles is 1. The van der Waals surface area contributed by atoms with Gasteiger partial charge < -0.3 is 0 Å². The average Bonchev–Trinajstić information content (AvgIpc) is 2.83. The maximum atomic E-state index is 11.9. The molecule has 0 radical (unpaired) electrons. The molecule has 2 aromatic rings. The molecule has 0 heterocycles. The lowest BCUT2D eigenvalue weighted by Crippen LogP contribution is -1.93. The average molecular weight is 289 g/mol. The predicted octanol–water partition coefficient (Wildman–Crippen LogP) is 3.94. The van der Waals surface area contributed by atoms with Crippen LogP contribution in [-0.2, 0) is 4.79 Å². The van der Waals surface area contributed by atoms with Crippen molar-refractivity contribution in [3.63, 3.8) is 0 Å². The minimum atomic E-state index is -0.171. The van der Waals surface area contributed by atoms with E-state index in [0.717, 1.165) is 22.3 Å². The molecule has 3 rings (SSSR count). The number of fused-ring (bicyclic) bond motifs is 3. The minimum absolute atomic E-state index is 0.149. The third-order valence-corrected chi connectivity index (χ3v) is 3.42. The maximum Gasteiger partial charge on any atom is 0.194 e. The molecular weight excluding hydrogens is 274 g/mol. The number of rotatable bonds is 1. The van der Waals surface area contributed by atoms with E-state index in [9.17, 15) is 9.59 Å². The van der Waals surface area contributed by atoms with E-state index in [-0.39, 0.29) is 17.1 Å². The number of benzene rings is 2. The molecule has 3 nitrogen and oxygen atoms in total. The van der Waals surface area contributed by atoms with E-state index in [1.165, 1.54) is 13.0 Å². The van der Waals surface area contributed by atoms with Gasteiger partial charge in [-0.3, -0.25) is 9.59 Å². The number of carbonyl (C=O) groups is 2. The molecule has 0 aliphatic heterocycles. The zero-order valence-corrected chi connectivity index (χ0v) is 12.5. The topological polar surface area (TPSA) is 57.9 Å². The molecule has 0 amide bonds. The third kappa shape index (κ3) is 2.87. The molecule has 0 aromatic heterocycles. The smallest absolute Gasteiger partial charge is 0.194 e. The van der Waals surface area contributed by atoms with Crippen LogP contribution < -0.4 is 0 Å². The van der Waals surface area contributed by atoms with Crippen molar-refractivity contribution >= 4 is 11.6 Å². The molecule has 22 heavy (non-hydrogen) atoms. The monoisotopic (exact) mass is 289 g/mol. The van der Waals surface area contributed by atoms with Crippen molar-refractivity contribution in [1.29, 1.82) is 5.26 Å². The van der Waals surface area contributed by atoms with Crippen LogP contribution in [-0.4, -0.2) is 11.6 Å². The summed E-state index contributed by atoms with van der Waals surface area (Å²) in [5.74, 6) is -0.0220. The van der Waals surface area contributed by atoms with E-state index in [4.69, 9.17) is 5.26 Å². The number of allylic oxidation sites excluding steroid dienone is 2. The molecule has 108 valence electrons. The van der Waals surface area contributed by atoms with Crippen LogP contribution in [0.5, 0.6) is 0 Å². The molecule has 0 atom stereocenters. The Morgan fingerprint density at radius 2 is 1.36 bits per heavy atom. The van der Waals surface area contributed by atoms with E-state index < -0.39 is 0 Å². The first kappa shape index (κ1) is 15.4. The van der Waals surface area contributed by atoms with E-state index >= 15 is 0 Å². The molecule has 0 N–H and O–H groups in total. The van der Waals surface area contributed by atoms with Gasteiger partial charge in [-0.05, 0) is 25.0 Å². The highest BCUT2D eigenvalue weighted by atomic mass is 16.1. The van der Waals surface area contributed by atoms with Gasteiger partial charge in [-0.15, -0.1) is 0 Å². The fraction of sp³-hybridized carbons (Fsp3) is 0.105. The first-order chi connectivity index (χ1) is 10.6. The zero-order valence-electron chi connectivity index (χ0n) is 12.5. The second-order valence-corrected chi connectivity index (χ2v) is 4.79. The van der Waals surface area contributed by atoms with E-state index in [1.54, 1.807) is 13.0 Å². The lowest BCUT2D eigenvalue weighted by Gasteiger charge is -1.96. The van der Waals surface area contributed by atoms with Crippen molar-refractivity contribution in [2.45, 2.75) is 13.8 Å². The Morgan fingerprint density at radius 1 is 0.955 bits per heavy atom. The van der Waals surface area contributed by atoms with Crippen LogP contribution in [0.25, 0.3) is 11.1 Å². The molecule has 0 saturated heterocycles.